The van der Waals surface area contributed by atoms with E-state index in [-0.39, 0.29) is 24.9 Å². The van der Waals surface area contributed by atoms with Crippen LogP contribution in [0.15, 0.2) is 54.6 Å². The maximum atomic E-state index is 13.8. The Morgan fingerprint density at radius 3 is 2.40 bits per heavy atom. The fraction of sp³-hybridized carbons (Fsp3) is 0.500. The van der Waals surface area contributed by atoms with Crippen molar-refractivity contribution in [1.82, 2.24) is 15.5 Å². The number of benzene rings is 2. The van der Waals surface area contributed by atoms with Crippen LogP contribution >= 0.6 is 0 Å². The molecule has 3 amide bonds. The van der Waals surface area contributed by atoms with E-state index in [9.17, 15) is 18.2 Å². The van der Waals surface area contributed by atoms with Gasteiger partial charge in [0.05, 0.1) is 0 Å². The maximum absolute atomic E-state index is 13.8. The molecule has 0 radical (unpaired) electrons. The summed E-state index contributed by atoms with van der Waals surface area (Å²) in [5.41, 5.74) is 0.0953. The van der Waals surface area contributed by atoms with Crippen molar-refractivity contribution < 1.29 is 27.7 Å². The van der Waals surface area contributed by atoms with Crippen molar-refractivity contribution in [3.63, 3.8) is 0 Å². The van der Waals surface area contributed by atoms with Crippen LogP contribution in [0.2, 0.25) is 0 Å². The Labute approximate surface area is 240 Å². The van der Waals surface area contributed by atoms with E-state index in [2.05, 4.69) is 10.6 Å². The number of hydrogen-bond acceptors (Lipinski definition) is 6. The third-order valence-electron chi connectivity index (χ3n) is 7.27. The average molecular weight is 617 g/mol. The number of nitrogens with one attached hydrogen (secondary N) is 2. The fourth-order valence-electron chi connectivity index (χ4n) is 4.94. The topological polar surface area (TPSA) is 114 Å². The van der Waals surface area contributed by atoms with E-state index in [1.807, 2.05) is 56.3 Å². The number of ether oxygens (including phenoxy) is 2. The molecule has 2 bridgehead atoms. The first kappa shape index (κ1) is 29.7. The van der Waals surface area contributed by atoms with Crippen molar-refractivity contribution in [3.8, 4) is 5.75 Å². The summed E-state index contributed by atoms with van der Waals surface area (Å²) >= 11 is -2.61. The number of fused-ring (bicyclic) bond motifs is 8. The minimum atomic E-state index is -2.61. The van der Waals surface area contributed by atoms with Crippen molar-refractivity contribution in [2.75, 3.05) is 13.1 Å². The first-order chi connectivity index (χ1) is 19.0. The molecule has 40 heavy (non-hydrogen) atoms. The van der Waals surface area contributed by atoms with E-state index in [1.54, 1.807) is 32.9 Å². The summed E-state index contributed by atoms with van der Waals surface area (Å²) in [4.78, 5) is 41.3. The number of nitrogens with zero attached hydrogens (tertiary/aromatic N) is 1. The van der Waals surface area contributed by atoms with Gasteiger partial charge < -0.3 is 0 Å². The molecule has 2 aromatic rings. The number of hydrogen-bond donors (Lipinski definition) is 2. The van der Waals surface area contributed by atoms with Gasteiger partial charge in [-0.2, -0.15) is 0 Å². The Bertz CT molecular complexity index is 1230. The molecule has 0 aromatic heterocycles. The fourth-order valence-corrected chi connectivity index (χ4v) is 7.86. The normalized spacial score (nSPS) is 25.1. The molecule has 1 saturated heterocycles. The van der Waals surface area contributed by atoms with Gasteiger partial charge >= 0.3 is 220 Å². The molecule has 1 fully saturated rings. The number of rotatable bonds is 4. The molecule has 10 heteroatoms. The Kier molecular flexibility index (Phi) is 9.31. The molecular weight excluding hydrogens is 577 g/mol. The summed E-state index contributed by atoms with van der Waals surface area (Å²) in [5.74, 6) is -0.471. The Morgan fingerprint density at radius 2 is 1.77 bits per heavy atom. The Morgan fingerprint density at radius 1 is 1.10 bits per heavy atom. The first-order valence-electron chi connectivity index (χ1n) is 13.8. The molecule has 216 valence electrons. The van der Waals surface area contributed by atoms with Crippen molar-refractivity contribution in [2.24, 2.45) is 5.92 Å². The summed E-state index contributed by atoms with van der Waals surface area (Å²) in [6, 6.07) is 14.8. The van der Waals surface area contributed by atoms with Crippen LogP contribution in [-0.2, 0) is 18.2 Å². The summed E-state index contributed by atoms with van der Waals surface area (Å²) < 4.78 is 26.3. The SMILES string of the molecule is CC[C@H](C)[C@@H]1NC(=O)[C@@H]2[C@@H](CCN2C(=O)OC(C)(C)C)Oc2ccc(cc2)C([Se](=O)c2ccccc2)CNC1=O. The molecule has 3 aliphatic heterocycles. The summed E-state index contributed by atoms with van der Waals surface area (Å²) in [6.45, 7) is 9.59. The Hall–Kier alpha value is -3.23. The molecule has 2 unspecified atom stereocenters. The molecule has 6 atom stereocenters. The van der Waals surface area contributed by atoms with Crippen LogP contribution in [0.1, 0.15) is 57.8 Å². The zero-order chi connectivity index (χ0) is 29.0. The van der Waals surface area contributed by atoms with Crippen molar-refractivity contribution in [1.29, 1.82) is 0 Å². The molecule has 3 heterocycles. The van der Waals surface area contributed by atoms with Crippen LogP contribution in [0.25, 0.3) is 0 Å². The van der Waals surface area contributed by atoms with E-state index >= 15 is 0 Å². The second-order valence-corrected chi connectivity index (χ2v) is 14.8. The molecule has 3 aliphatic rings. The van der Waals surface area contributed by atoms with Crippen LogP contribution in [-0.4, -0.2) is 73.5 Å². The summed E-state index contributed by atoms with van der Waals surface area (Å²) in [7, 11) is 0. The van der Waals surface area contributed by atoms with Crippen LogP contribution in [0.4, 0.5) is 4.79 Å². The standard InChI is InChI=1S/C30H39N3O6Se/c1-6-19(2)25-27(34)31-18-24(40(37)22-10-8-7-9-11-22)20-12-14-21(15-13-20)38-23-16-17-33(26(23)28(35)32-25)29(36)39-30(3,4)5/h7-15,19,23-26H,6,16-18H2,1-5H3,(H,31,34)(H,32,35)/t19-,23+,24?,25-,26-,40?/m0/s1. The second kappa shape index (κ2) is 12.5. The van der Waals surface area contributed by atoms with E-state index in [4.69, 9.17) is 9.47 Å². The van der Waals surface area contributed by atoms with Gasteiger partial charge in [-0.15, -0.1) is 0 Å². The zero-order valence-corrected chi connectivity index (χ0v) is 25.4. The van der Waals surface area contributed by atoms with Gasteiger partial charge in [0.15, 0.2) is 0 Å². The van der Waals surface area contributed by atoms with Gasteiger partial charge in [-0.1, -0.05) is 0 Å². The Balaban J connectivity index is 1.71. The minimum absolute atomic E-state index is 0.154. The van der Waals surface area contributed by atoms with Gasteiger partial charge in [0.1, 0.15) is 0 Å². The molecule has 0 saturated carbocycles. The van der Waals surface area contributed by atoms with Crippen LogP contribution in [0, 0.1) is 5.92 Å². The number of likely N-dealkylation sites (tertiary alicyclic amines) is 1. The van der Waals surface area contributed by atoms with E-state index in [0.29, 0.717) is 18.6 Å². The van der Waals surface area contributed by atoms with Crippen LogP contribution in [0.5, 0.6) is 5.75 Å². The van der Waals surface area contributed by atoms with Gasteiger partial charge in [0.2, 0.25) is 0 Å². The molecule has 2 N–H and O–H groups in total. The number of carbonyl (C=O) groups is 3. The van der Waals surface area contributed by atoms with Gasteiger partial charge in [0, 0.05) is 0 Å². The summed E-state index contributed by atoms with van der Waals surface area (Å²) in [5, 5.41) is 5.88. The van der Waals surface area contributed by atoms with E-state index in [1.165, 1.54) is 4.90 Å². The van der Waals surface area contributed by atoms with Crippen molar-refractivity contribution in [3.05, 3.63) is 60.2 Å². The van der Waals surface area contributed by atoms with Crippen LogP contribution in [0.3, 0.4) is 0 Å². The van der Waals surface area contributed by atoms with Gasteiger partial charge in [-0.3, -0.25) is 0 Å². The third kappa shape index (κ3) is 6.91. The molecule has 9 nitrogen and oxygen atoms in total. The number of carbonyl (C=O) groups excluding carboxylic acids is 3. The first-order valence-corrected chi connectivity index (χ1v) is 16.3. The van der Waals surface area contributed by atoms with E-state index < -0.39 is 54.4 Å². The predicted molar refractivity (Wildman–Crippen MR) is 152 cm³/mol. The predicted octanol–water partition coefficient (Wildman–Crippen LogP) is 3.06. The molecule has 0 spiro atoms. The molecule has 5 rings (SSSR count). The van der Waals surface area contributed by atoms with E-state index in [0.717, 1.165) is 10.0 Å². The zero-order valence-electron chi connectivity index (χ0n) is 23.7. The third-order valence-corrected chi connectivity index (χ3v) is 10.8. The van der Waals surface area contributed by atoms with Crippen molar-refractivity contribution in [2.45, 2.75) is 76.1 Å². The monoisotopic (exact) mass is 617 g/mol. The average Bonchev–Trinajstić information content (AvgIpc) is 3.35. The quantitative estimate of drug-likeness (QED) is 0.511. The number of amides is 3. The van der Waals surface area contributed by atoms with Crippen molar-refractivity contribution >= 4 is 36.2 Å². The summed E-state index contributed by atoms with van der Waals surface area (Å²) in [6.07, 6.45) is -0.173. The van der Waals surface area contributed by atoms with Gasteiger partial charge in [-0.05, 0) is 20.8 Å². The van der Waals surface area contributed by atoms with Gasteiger partial charge in [-0.25, -0.2) is 0 Å². The molecule has 0 aliphatic carbocycles. The second-order valence-electron chi connectivity index (χ2n) is 11.3. The van der Waals surface area contributed by atoms with Gasteiger partial charge in [0.25, 0.3) is 0 Å². The molecular formula is C30H39N3O6Se. The molecule has 2 aromatic carbocycles. The van der Waals surface area contributed by atoms with Crippen LogP contribution < -0.4 is 19.8 Å².